The normalized spacial score (nSPS) is 10.3. The van der Waals surface area contributed by atoms with Crippen LogP contribution in [0.3, 0.4) is 0 Å². The van der Waals surface area contributed by atoms with Gasteiger partial charge in [0.2, 0.25) is 0 Å². The average Bonchev–Trinajstić information content (AvgIpc) is 2.49. The minimum atomic E-state index is -2.26. The average molecular weight is 393 g/mol. The molecule has 106 valence electrons. The first-order valence-electron chi connectivity index (χ1n) is 5.79. The van der Waals surface area contributed by atoms with Gasteiger partial charge in [0.25, 0.3) is 0 Å². The van der Waals surface area contributed by atoms with Gasteiger partial charge in [-0.05, 0) is 0 Å². The Bertz CT molecular complexity index is 711. The van der Waals surface area contributed by atoms with Crippen LogP contribution in [0.2, 0.25) is 0 Å². The van der Waals surface area contributed by atoms with Crippen molar-refractivity contribution in [2.45, 2.75) is 0 Å². The number of hydrogen-bond donors (Lipinski definition) is 4. The topological polar surface area (TPSA) is 115 Å². The first-order chi connectivity index (χ1) is 9.91. The van der Waals surface area contributed by atoms with Gasteiger partial charge in [0, 0.05) is 0 Å². The Balaban J connectivity index is 2.28. The monoisotopic (exact) mass is 394 g/mol. The zero-order chi connectivity index (χ0) is 15.6. The molecule has 0 saturated heterocycles. The van der Waals surface area contributed by atoms with Crippen molar-refractivity contribution in [3.8, 4) is 23.0 Å². The van der Waals surface area contributed by atoms with E-state index in [1.165, 1.54) is 0 Å². The summed E-state index contributed by atoms with van der Waals surface area (Å²) in [5.74, 6) is -3.47. The van der Waals surface area contributed by atoms with Gasteiger partial charge in [0.15, 0.2) is 0 Å². The summed E-state index contributed by atoms with van der Waals surface area (Å²) in [6.45, 7) is 0. The van der Waals surface area contributed by atoms with Crippen LogP contribution in [-0.4, -0.2) is 49.2 Å². The number of carbonyl (C=O) groups excluding carboxylic acids is 2. The number of aromatic hydroxyl groups is 4. The maximum atomic E-state index is 12.1. The fraction of sp³-hybridized carbons (Fsp3) is 0. The molecule has 6 nitrogen and oxygen atoms in total. The van der Waals surface area contributed by atoms with Crippen molar-refractivity contribution in [3.05, 3.63) is 47.5 Å². The molecule has 0 unspecified atom stereocenters. The number of phenolic OH excluding ortho intramolecular Hbond substituents is 4. The van der Waals surface area contributed by atoms with E-state index in [4.69, 9.17) is 0 Å². The molecular formula is C14H10O6Sn. The quantitative estimate of drug-likeness (QED) is 0.353. The van der Waals surface area contributed by atoms with Gasteiger partial charge in [0.05, 0.1) is 0 Å². The van der Waals surface area contributed by atoms with Crippen LogP contribution in [0.4, 0.5) is 0 Å². The molecule has 21 heavy (non-hydrogen) atoms. The molecule has 0 aliphatic carbocycles. The molecule has 4 N–H and O–H groups in total. The molecule has 0 aliphatic rings. The second-order valence-corrected chi connectivity index (χ2v) is 7.44. The molecule has 2 aromatic rings. The molecule has 0 aromatic heterocycles. The Morgan fingerprint density at radius 1 is 0.810 bits per heavy atom. The zero-order valence-corrected chi connectivity index (χ0v) is 13.4. The third-order valence-electron chi connectivity index (χ3n) is 2.74. The van der Waals surface area contributed by atoms with Crippen molar-refractivity contribution in [1.29, 1.82) is 0 Å². The molecule has 2 rings (SSSR count). The van der Waals surface area contributed by atoms with E-state index in [-0.39, 0.29) is 9.36 Å². The van der Waals surface area contributed by atoms with Crippen LogP contribution in [0, 0.1) is 0 Å². The zero-order valence-electron chi connectivity index (χ0n) is 10.6. The SMILES string of the molecule is O=[C]([Sn][C](=O)c1cc(O)c(O)c(O)c1O)c1ccccc1. The fourth-order valence-electron chi connectivity index (χ4n) is 1.64. The van der Waals surface area contributed by atoms with Crippen LogP contribution in [0.15, 0.2) is 36.4 Å². The molecule has 2 radical (unpaired) electrons. The van der Waals surface area contributed by atoms with E-state index in [2.05, 4.69) is 0 Å². The molecule has 0 atom stereocenters. The van der Waals surface area contributed by atoms with Crippen molar-refractivity contribution in [2.24, 2.45) is 0 Å². The predicted molar refractivity (Wildman–Crippen MR) is 74.0 cm³/mol. The molecule has 2 aromatic carbocycles. The van der Waals surface area contributed by atoms with Crippen LogP contribution in [0.25, 0.3) is 0 Å². The molecule has 0 heterocycles. The van der Waals surface area contributed by atoms with Gasteiger partial charge in [-0.1, -0.05) is 0 Å². The first-order valence-corrected chi connectivity index (χ1v) is 8.64. The Morgan fingerprint density at radius 3 is 2.05 bits per heavy atom. The molecule has 0 aliphatic heterocycles. The fourth-order valence-corrected chi connectivity index (χ4v) is 4.04. The molecular weight excluding hydrogens is 383 g/mol. The van der Waals surface area contributed by atoms with Crippen molar-refractivity contribution in [1.82, 2.24) is 0 Å². The van der Waals surface area contributed by atoms with Crippen molar-refractivity contribution < 1.29 is 30.0 Å². The van der Waals surface area contributed by atoms with Crippen molar-refractivity contribution in [3.63, 3.8) is 0 Å². The van der Waals surface area contributed by atoms with Crippen LogP contribution in [0.5, 0.6) is 23.0 Å². The number of benzene rings is 2. The molecule has 7 heteroatoms. The summed E-state index contributed by atoms with van der Waals surface area (Å²) in [6.07, 6.45) is 0. The van der Waals surface area contributed by atoms with E-state index in [0.717, 1.165) is 6.07 Å². The second-order valence-electron chi connectivity index (χ2n) is 4.14. The van der Waals surface area contributed by atoms with Gasteiger partial charge in [0.1, 0.15) is 0 Å². The maximum absolute atomic E-state index is 12.1. The standard InChI is InChI=1S/C7H5O5.C7H5O.Sn/c8-2-3-1-4(9)6(11)7(12)5(3)10;8-6-7-4-2-1-3-5-7;/h1,9-12H;1-5H;. The van der Waals surface area contributed by atoms with Crippen LogP contribution >= 0.6 is 0 Å². The summed E-state index contributed by atoms with van der Waals surface area (Å²) in [4.78, 5) is 24.0. The van der Waals surface area contributed by atoms with Crippen LogP contribution < -0.4 is 0 Å². The van der Waals surface area contributed by atoms with E-state index in [0.29, 0.717) is 5.56 Å². The van der Waals surface area contributed by atoms with Gasteiger partial charge in [-0.2, -0.15) is 0 Å². The van der Waals surface area contributed by atoms with Gasteiger partial charge in [-0.15, -0.1) is 0 Å². The molecule has 0 fully saturated rings. The van der Waals surface area contributed by atoms with E-state index >= 15 is 0 Å². The van der Waals surface area contributed by atoms with E-state index in [1.807, 2.05) is 0 Å². The van der Waals surface area contributed by atoms with Gasteiger partial charge >= 0.3 is 129 Å². The van der Waals surface area contributed by atoms with Gasteiger partial charge in [-0.3, -0.25) is 0 Å². The first kappa shape index (κ1) is 15.2. The Hall–Kier alpha value is -2.22. The third kappa shape index (κ3) is 3.10. The number of carbonyl (C=O) groups is 2. The van der Waals surface area contributed by atoms with Gasteiger partial charge in [-0.25, -0.2) is 0 Å². The van der Waals surface area contributed by atoms with Gasteiger partial charge < -0.3 is 0 Å². The summed E-state index contributed by atoms with van der Waals surface area (Å²) in [5.41, 5.74) is 0.0443. The third-order valence-corrected chi connectivity index (χ3v) is 5.62. The van der Waals surface area contributed by atoms with Crippen LogP contribution in [0.1, 0.15) is 20.7 Å². The van der Waals surface area contributed by atoms with E-state index in [9.17, 15) is 30.0 Å². The summed E-state index contributed by atoms with van der Waals surface area (Å²) >= 11 is -2.26. The predicted octanol–water partition coefficient (Wildman–Crippen LogP) is 1.19. The molecule has 0 saturated carbocycles. The Labute approximate surface area is 129 Å². The van der Waals surface area contributed by atoms with E-state index < -0.39 is 47.9 Å². The second kappa shape index (κ2) is 6.04. The Kier molecular flexibility index (Phi) is 4.37. The summed E-state index contributed by atoms with van der Waals surface area (Å²) < 4.78 is -0.911. The number of phenols is 4. The molecule has 0 bridgehead atoms. The van der Waals surface area contributed by atoms with Crippen molar-refractivity contribution >= 4 is 28.7 Å². The minimum absolute atomic E-state index is 0.296. The Morgan fingerprint density at radius 2 is 1.43 bits per heavy atom. The summed E-state index contributed by atoms with van der Waals surface area (Å²) in [6, 6.07) is 9.10. The molecule has 0 spiro atoms. The van der Waals surface area contributed by atoms with Crippen LogP contribution in [-0.2, 0) is 0 Å². The van der Waals surface area contributed by atoms with Crippen molar-refractivity contribution in [2.75, 3.05) is 0 Å². The number of rotatable bonds is 4. The summed E-state index contributed by atoms with van der Waals surface area (Å²) in [7, 11) is 0. The summed E-state index contributed by atoms with van der Waals surface area (Å²) in [5, 5.41) is 37.6. The van der Waals surface area contributed by atoms with E-state index in [1.54, 1.807) is 30.3 Å². The molecule has 0 amide bonds. The number of hydrogen-bond acceptors (Lipinski definition) is 6.